The van der Waals surface area contributed by atoms with E-state index in [4.69, 9.17) is 12.8 Å². The molecule has 0 atom stereocenters. The van der Waals surface area contributed by atoms with E-state index in [1.54, 1.807) is 0 Å². The molecule has 0 aliphatic carbocycles. The molecule has 174 valence electrons. The van der Waals surface area contributed by atoms with E-state index in [2.05, 4.69) is 178 Å². The van der Waals surface area contributed by atoms with Crippen molar-refractivity contribution in [2.24, 2.45) is 0 Å². The van der Waals surface area contributed by atoms with E-state index < -0.39 is 0 Å². The molecule has 0 fully saturated rings. The van der Waals surface area contributed by atoms with Gasteiger partial charge >= 0.3 is 0 Å². The summed E-state index contributed by atoms with van der Waals surface area (Å²) < 4.78 is 0. The molecule has 1 aliphatic rings. The van der Waals surface area contributed by atoms with Crippen molar-refractivity contribution < 1.29 is 0 Å². The molecule has 0 amide bonds. The predicted molar refractivity (Wildman–Crippen MR) is 163 cm³/mol. The fourth-order valence-corrected chi connectivity index (χ4v) is 2.36. The van der Waals surface area contributed by atoms with E-state index in [-0.39, 0.29) is 0 Å². The van der Waals surface area contributed by atoms with Gasteiger partial charge in [0.2, 0.25) is 0 Å². The number of nitrogens with zero attached hydrogens (tertiary/aromatic N) is 2. The number of hydrogen-bond acceptors (Lipinski definition) is 2. The van der Waals surface area contributed by atoms with Crippen LogP contribution in [0.25, 0.3) is 0 Å². The third-order valence-corrected chi connectivity index (χ3v) is 3.77. The molecule has 0 unspecified atom stereocenters. The lowest BCUT2D eigenvalue weighted by Gasteiger charge is -2.09. The summed E-state index contributed by atoms with van der Waals surface area (Å²) in [5.74, 6) is 70.3. The second-order valence-corrected chi connectivity index (χ2v) is 6.25. The van der Waals surface area contributed by atoms with Gasteiger partial charge in [-0.2, -0.15) is 0 Å². The predicted octanol–water partition coefficient (Wildman–Crippen LogP) is 1.50. The van der Waals surface area contributed by atoms with Gasteiger partial charge in [-0.1, -0.05) is 12.1 Å². The van der Waals surface area contributed by atoms with E-state index in [1.807, 2.05) is 34.1 Å². The largest absolute Gasteiger partial charge is 0.278 e. The fourth-order valence-electron chi connectivity index (χ4n) is 2.36. The minimum atomic E-state index is 0.419. The van der Waals surface area contributed by atoms with Crippen molar-refractivity contribution in [1.82, 2.24) is 0 Å². The normalized spacial score (nSPS) is 6.98. The van der Waals surface area contributed by atoms with Crippen LogP contribution in [0.1, 0.15) is 0 Å². The summed E-state index contributed by atoms with van der Waals surface area (Å²) in [4.78, 5) is 3.65. The van der Waals surface area contributed by atoms with Crippen LogP contribution < -0.4 is 9.80 Å². The molecule has 41 heavy (non-hydrogen) atoms. The Hall–Kier alpha value is -8.22. The number of para-hydroxylation sites is 2. The van der Waals surface area contributed by atoms with Crippen LogP contribution in [0.5, 0.6) is 0 Å². The first-order chi connectivity index (χ1) is 20.4. The van der Waals surface area contributed by atoms with Crippen LogP contribution in [0.2, 0.25) is 0 Å². The van der Waals surface area contributed by atoms with Gasteiger partial charge in [-0.25, -0.2) is 0 Å². The standard InChI is InChI=1S/C39H8N2/c1-3-5-7-9-11-13-15-17-19-21-23-25-27-31-35-40-37-41(39-34-30-29-33-38(39)40)36-32-28-26-24-22-20-18-16-14-12-10-8-6-4-2/h1-2,29-30,33-34H,37H2. The Labute approximate surface area is 242 Å². The Morgan fingerprint density at radius 3 is 0.878 bits per heavy atom. The number of rotatable bonds is 0. The summed E-state index contributed by atoms with van der Waals surface area (Å²) in [5.41, 5.74) is 1.80. The van der Waals surface area contributed by atoms with Gasteiger partial charge in [0.1, 0.15) is 6.67 Å². The molecule has 0 saturated carbocycles. The molecule has 2 heteroatoms. The highest BCUT2D eigenvalue weighted by molar-refractivity contribution is 5.80. The van der Waals surface area contributed by atoms with Gasteiger partial charge in [0.25, 0.3) is 0 Å². The van der Waals surface area contributed by atoms with Crippen LogP contribution >= 0.6 is 0 Å². The van der Waals surface area contributed by atoms with Crippen molar-refractivity contribution >= 4 is 11.4 Å². The monoisotopic (exact) mass is 504 g/mol. The van der Waals surface area contributed by atoms with Crippen LogP contribution in [0.3, 0.4) is 0 Å². The molecule has 1 aromatic rings. The molecule has 2 nitrogen and oxygen atoms in total. The van der Waals surface area contributed by atoms with E-state index in [0.29, 0.717) is 6.67 Å². The zero-order chi connectivity index (χ0) is 29.1. The minimum Gasteiger partial charge on any atom is -0.278 e. The molecule has 0 saturated heterocycles. The summed E-state index contributed by atoms with van der Waals surface area (Å²) in [6, 6.07) is 13.7. The maximum absolute atomic E-state index is 4.96. The minimum absolute atomic E-state index is 0.419. The van der Waals surface area contributed by atoms with Crippen molar-refractivity contribution in [3.8, 4) is 191 Å². The number of terminal acetylenes is 2. The topological polar surface area (TPSA) is 6.48 Å². The highest BCUT2D eigenvalue weighted by atomic mass is 15.4. The summed E-state index contributed by atoms with van der Waals surface area (Å²) in [6.07, 6.45) is 9.93. The second-order valence-electron chi connectivity index (χ2n) is 6.25. The van der Waals surface area contributed by atoms with Gasteiger partial charge in [-0.15, -0.1) is 12.8 Å². The first kappa shape index (κ1) is 29.0. The van der Waals surface area contributed by atoms with Crippen molar-refractivity contribution in [3.05, 3.63) is 24.3 Å². The molecular weight excluding hydrogens is 496 g/mol. The van der Waals surface area contributed by atoms with E-state index in [1.165, 1.54) is 0 Å². The molecule has 0 N–H and O–H groups in total. The molecule has 1 aliphatic heterocycles. The fraction of sp³-hybridized carbons (Fsp3) is 0.0256. The maximum Gasteiger partial charge on any atom is 0.115 e. The Kier molecular flexibility index (Phi) is 14.2. The summed E-state index contributed by atoms with van der Waals surface area (Å²) in [6.45, 7) is 0.419. The van der Waals surface area contributed by atoms with Crippen molar-refractivity contribution in [2.75, 3.05) is 16.5 Å². The Bertz CT molecular complexity index is 2070. The molecule has 0 aromatic heterocycles. The molecule has 1 aromatic carbocycles. The van der Waals surface area contributed by atoms with Crippen molar-refractivity contribution in [1.29, 1.82) is 0 Å². The SMILES string of the molecule is C#CC#CC#CC#CC#CC#CC#CC#CN1CN(C#CC#CC#CC#CC#CC#CC#CC#C)c2ccccc21. The van der Waals surface area contributed by atoms with E-state index in [9.17, 15) is 0 Å². The van der Waals surface area contributed by atoms with Gasteiger partial charge in [0.15, 0.2) is 0 Å². The first-order valence-corrected chi connectivity index (χ1v) is 10.9. The number of benzene rings is 1. The smallest absolute Gasteiger partial charge is 0.115 e. The van der Waals surface area contributed by atoms with Crippen LogP contribution in [-0.2, 0) is 0 Å². The lowest BCUT2D eigenvalue weighted by Crippen LogP contribution is -2.23. The molecule has 0 bridgehead atoms. The van der Waals surface area contributed by atoms with Gasteiger partial charge < -0.3 is 0 Å². The van der Waals surface area contributed by atoms with Gasteiger partial charge in [-0.3, -0.25) is 9.80 Å². The number of fused-ring (bicyclic) bond motifs is 1. The zero-order valence-electron chi connectivity index (χ0n) is 21.1. The molecule has 0 spiro atoms. The van der Waals surface area contributed by atoms with Crippen LogP contribution in [0.4, 0.5) is 11.4 Å². The van der Waals surface area contributed by atoms with Crippen LogP contribution in [0, 0.1) is 191 Å². The highest BCUT2D eigenvalue weighted by Gasteiger charge is 2.23. The average molecular weight is 505 g/mol. The highest BCUT2D eigenvalue weighted by Crippen LogP contribution is 2.34. The van der Waals surface area contributed by atoms with Gasteiger partial charge in [0.05, 0.1) is 11.4 Å². The lowest BCUT2D eigenvalue weighted by molar-refractivity contribution is 1.02. The number of anilines is 2. The summed E-state index contributed by atoms with van der Waals surface area (Å²) in [5, 5.41) is 0. The van der Waals surface area contributed by atoms with Gasteiger partial charge in [-0.05, 0) is 95.0 Å². The van der Waals surface area contributed by atoms with E-state index in [0.717, 1.165) is 11.4 Å². The van der Waals surface area contributed by atoms with Crippen LogP contribution in [0.15, 0.2) is 24.3 Å². The Balaban J connectivity index is 1.96. The molecule has 2 rings (SSSR count). The lowest BCUT2D eigenvalue weighted by atomic mass is 10.2. The third kappa shape index (κ3) is 12.9. The van der Waals surface area contributed by atoms with Crippen molar-refractivity contribution in [3.63, 3.8) is 0 Å². The Morgan fingerprint density at radius 1 is 0.366 bits per heavy atom. The van der Waals surface area contributed by atoms with Gasteiger partial charge in [0, 0.05) is 95.0 Å². The molecular formula is C39H8N2. The van der Waals surface area contributed by atoms with E-state index >= 15 is 0 Å². The Morgan fingerprint density at radius 2 is 0.610 bits per heavy atom. The third-order valence-electron chi connectivity index (χ3n) is 3.77. The van der Waals surface area contributed by atoms with Crippen LogP contribution in [-0.4, -0.2) is 6.67 Å². The van der Waals surface area contributed by atoms with Crippen molar-refractivity contribution in [2.45, 2.75) is 0 Å². The number of hydrogen-bond donors (Lipinski definition) is 0. The summed E-state index contributed by atoms with van der Waals surface area (Å²) in [7, 11) is 0. The average Bonchev–Trinajstić information content (AvgIpc) is 3.35. The maximum atomic E-state index is 4.96. The second kappa shape index (κ2) is 20.0. The first-order valence-electron chi connectivity index (χ1n) is 10.9. The zero-order valence-corrected chi connectivity index (χ0v) is 21.1. The summed E-state index contributed by atoms with van der Waals surface area (Å²) >= 11 is 0. The quantitative estimate of drug-likeness (QED) is 0.495. The molecule has 1 heterocycles. The molecule has 0 radical (unpaired) electrons.